The number of nitrogens with zero attached hydrogens (tertiary/aromatic N) is 4. The van der Waals surface area contributed by atoms with Crippen LogP contribution >= 0.6 is 0 Å². The lowest BCUT2D eigenvalue weighted by Gasteiger charge is -2.12. The van der Waals surface area contributed by atoms with Crippen LogP contribution in [0.2, 0.25) is 0 Å². The van der Waals surface area contributed by atoms with E-state index in [0.717, 1.165) is 28.4 Å². The number of hydrogen-bond acceptors (Lipinski definition) is 3. The molecule has 0 aliphatic rings. The second-order valence-electron chi connectivity index (χ2n) is 4.92. The highest BCUT2D eigenvalue weighted by molar-refractivity contribution is 5.85. The van der Waals surface area contributed by atoms with Gasteiger partial charge in [-0.05, 0) is 19.1 Å². The van der Waals surface area contributed by atoms with Crippen LogP contribution in [0.5, 0.6) is 0 Å². The van der Waals surface area contributed by atoms with Crippen molar-refractivity contribution in [3.05, 3.63) is 48.3 Å². The van der Waals surface area contributed by atoms with Crippen LogP contribution in [-0.4, -0.2) is 19.5 Å². The quantitative estimate of drug-likeness (QED) is 0.703. The fourth-order valence-electron chi connectivity index (χ4n) is 2.12. The Labute approximate surface area is 112 Å². The lowest BCUT2D eigenvalue weighted by atomic mass is 10.1. The number of aromatic nitrogens is 4. The first-order valence-corrected chi connectivity index (χ1v) is 6.44. The third-order valence-corrected chi connectivity index (χ3v) is 3.17. The molecule has 4 heteroatoms. The highest BCUT2D eigenvalue weighted by Gasteiger charge is 2.12. The molecule has 0 amide bonds. The van der Waals surface area contributed by atoms with E-state index >= 15 is 0 Å². The maximum absolute atomic E-state index is 4.72. The van der Waals surface area contributed by atoms with Gasteiger partial charge in [0.05, 0.1) is 5.52 Å². The molecular weight excluding hydrogens is 236 g/mol. The zero-order chi connectivity index (χ0) is 13.4. The maximum Gasteiger partial charge on any atom is 0.149 e. The molecule has 0 saturated carbocycles. The minimum Gasteiger partial charge on any atom is -0.288 e. The van der Waals surface area contributed by atoms with E-state index in [1.165, 1.54) is 0 Å². The van der Waals surface area contributed by atoms with Gasteiger partial charge in [0.25, 0.3) is 0 Å². The summed E-state index contributed by atoms with van der Waals surface area (Å²) < 4.78 is 2.01. The summed E-state index contributed by atoms with van der Waals surface area (Å²) in [5.74, 6) is 3.00. The van der Waals surface area contributed by atoms with Crippen LogP contribution in [0.15, 0.2) is 36.7 Å². The highest BCUT2D eigenvalue weighted by atomic mass is 15.1. The molecule has 3 rings (SSSR count). The number of aryl methyl sites for hydroxylation is 1. The summed E-state index contributed by atoms with van der Waals surface area (Å²) in [5, 5.41) is 1.05. The van der Waals surface area contributed by atoms with Gasteiger partial charge in [-0.2, -0.15) is 0 Å². The predicted octanol–water partition coefficient (Wildman–Crippen LogP) is 3.25. The van der Waals surface area contributed by atoms with Gasteiger partial charge in [-0.1, -0.05) is 26.0 Å². The minimum atomic E-state index is 0.298. The van der Waals surface area contributed by atoms with Crippen molar-refractivity contribution >= 4 is 10.9 Å². The summed E-state index contributed by atoms with van der Waals surface area (Å²) in [6.45, 7) is 6.19. The van der Waals surface area contributed by atoms with Crippen molar-refractivity contribution < 1.29 is 0 Å². The standard InChI is InChI=1S/C15H16N4/c1-10(2)14-17-13-7-5-4-6-12(13)15(18-14)19-9-8-16-11(19)3/h4-10H,1-3H3. The van der Waals surface area contributed by atoms with Gasteiger partial charge >= 0.3 is 0 Å². The first-order chi connectivity index (χ1) is 9.16. The Morgan fingerprint density at radius 3 is 2.58 bits per heavy atom. The summed E-state index contributed by atoms with van der Waals surface area (Å²) in [4.78, 5) is 13.6. The normalized spacial score (nSPS) is 11.4. The fraction of sp³-hybridized carbons (Fsp3) is 0.267. The molecule has 4 nitrogen and oxygen atoms in total. The van der Waals surface area contributed by atoms with E-state index in [1.54, 1.807) is 6.20 Å². The number of fused-ring (bicyclic) bond motifs is 1. The second-order valence-corrected chi connectivity index (χ2v) is 4.92. The third kappa shape index (κ3) is 1.99. The zero-order valence-electron chi connectivity index (χ0n) is 11.3. The lowest BCUT2D eigenvalue weighted by molar-refractivity contribution is 0.769. The molecule has 0 atom stereocenters. The molecule has 3 aromatic rings. The zero-order valence-corrected chi connectivity index (χ0v) is 11.3. The van der Waals surface area contributed by atoms with Crippen molar-refractivity contribution in [2.24, 2.45) is 0 Å². The summed E-state index contributed by atoms with van der Waals surface area (Å²) in [5.41, 5.74) is 0.976. The van der Waals surface area contributed by atoms with Gasteiger partial charge in [-0.25, -0.2) is 15.0 Å². The molecule has 0 fully saturated rings. The lowest BCUT2D eigenvalue weighted by Crippen LogP contribution is -2.06. The number of benzene rings is 1. The van der Waals surface area contributed by atoms with Crippen LogP contribution in [0.3, 0.4) is 0 Å². The van der Waals surface area contributed by atoms with Crippen LogP contribution < -0.4 is 0 Å². The van der Waals surface area contributed by atoms with Gasteiger partial charge in [0.1, 0.15) is 17.5 Å². The van der Waals surface area contributed by atoms with Gasteiger partial charge in [0.15, 0.2) is 0 Å². The SMILES string of the molecule is Cc1nccn1-c1nc(C(C)C)nc2ccccc12. The molecule has 2 aromatic heterocycles. The molecule has 96 valence electrons. The summed E-state index contributed by atoms with van der Waals surface area (Å²) >= 11 is 0. The number of imidazole rings is 1. The van der Waals surface area contributed by atoms with Gasteiger partial charge in [0, 0.05) is 23.7 Å². The first-order valence-electron chi connectivity index (χ1n) is 6.44. The van der Waals surface area contributed by atoms with Gasteiger partial charge in [-0.15, -0.1) is 0 Å². The highest BCUT2D eigenvalue weighted by Crippen LogP contribution is 2.22. The Hall–Kier alpha value is -2.23. The third-order valence-electron chi connectivity index (χ3n) is 3.17. The Morgan fingerprint density at radius 2 is 1.89 bits per heavy atom. The van der Waals surface area contributed by atoms with Crippen molar-refractivity contribution in [1.29, 1.82) is 0 Å². The van der Waals surface area contributed by atoms with E-state index in [9.17, 15) is 0 Å². The van der Waals surface area contributed by atoms with Gasteiger partial charge in [0.2, 0.25) is 0 Å². The second kappa shape index (κ2) is 4.46. The van der Waals surface area contributed by atoms with E-state index in [4.69, 9.17) is 4.98 Å². The molecule has 0 N–H and O–H groups in total. The summed E-state index contributed by atoms with van der Waals surface area (Å²) in [6, 6.07) is 8.09. The molecule has 1 aromatic carbocycles. The average molecular weight is 252 g/mol. The van der Waals surface area contributed by atoms with E-state index < -0.39 is 0 Å². The molecule has 0 bridgehead atoms. The van der Waals surface area contributed by atoms with E-state index in [0.29, 0.717) is 5.92 Å². The van der Waals surface area contributed by atoms with Crippen LogP contribution in [0.25, 0.3) is 16.7 Å². The molecular formula is C15H16N4. The molecule has 19 heavy (non-hydrogen) atoms. The van der Waals surface area contributed by atoms with Crippen LogP contribution in [-0.2, 0) is 0 Å². The fourth-order valence-corrected chi connectivity index (χ4v) is 2.12. The monoisotopic (exact) mass is 252 g/mol. The van der Waals surface area contributed by atoms with E-state index in [2.05, 4.69) is 23.8 Å². The molecule has 0 aliphatic heterocycles. The predicted molar refractivity (Wildman–Crippen MR) is 75.5 cm³/mol. The number of para-hydroxylation sites is 1. The number of hydrogen-bond donors (Lipinski definition) is 0. The van der Waals surface area contributed by atoms with Crippen molar-refractivity contribution in [2.45, 2.75) is 26.7 Å². The minimum absolute atomic E-state index is 0.298. The molecule has 0 saturated heterocycles. The summed E-state index contributed by atoms with van der Waals surface area (Å²) in [6.07, 6.45) is 3.73. The maximum atomic E-state index is 4.72. The molecule has 0 spiro atoms. The van der Waals surface area contributed by atoms with Crippen molar-refractivity contribution in [1.82, 2.24) is 19.5 Å². The largest absolute Gasteiger partial charge is 0.288 e. The molecule has 0 aliphatic carbocycles. The van der Waals surface area contributed by atoms with E-state index in [-0.39, 0.29) is 0 Å². The average Bonchev–Trinajstić information content (AvgIpc) is 2.83. The van der Waals surface area contributed by atoms with Crippen molar-refractivity contribution in [2.75, 3.05) is 0 Å². The van der Waals surface area contributed by atoms with Crippen molar-refractivity contribution in [3.63, 3.8) is 0 Å². The number of rotatable bonds is 2. The smallest absolute Gasteiger partial charge is 0.149 e. The van der Waals surface area contributed by atoms with Crippen molar-refractivity contribution in [3.8, 4) is 5.82 Å². The Bertz CT molecular complexity index is 728. The first kappa shape index (κ1) is 11.8. The molecule has 2 heterocycles. The topological polar surface area (TPSA) is 43.6 Å². The van der Waals surface area contributed by atoms with Crippen LogP contribution in [0, 0.1) is 6.92 Å². The molecule has 0 radical (unpaired) electrons. The van der Waals surface area contributed by atoms with Crippen LogP contribution in [0.4, 0.5) is 0 Å². The Balaban J connectivity index is 2.36. The van der Waals surface area contributed by atoms with Gasteiger partial charge in [-0.3, -0.25) is 4.57 Å². The molecule has 0 unspecified atom stereocenters. The van der Waals surface area contributed by atoms with E-state index in [1.807, 2.05) is 42.0 Å². The van der Waals surface area contributed by atoms with Gasteiger partial charge < -0.3 is 0 Å². The summed E-state index contributed by atoms with van der Waals surface area (Å²) in [7, 11) is 0. The Morgan fingerprint density at radius 1 is 1.11 bits per heavy atom. The Kier molecular flexibility index (Phi) is 2.78. The van der Waals surface area contributed by atoms with Crippen LogP contribution in [0.1, 0.15) is 31.4 Å².